The number of hydrogen-bond acceptors (Lipinski definition) is 8. The largest absolute Gasteiger partial charge is 0.479 e. The van der Waals surface area contributed by atoms with E-state index in [1.54, 1.807) is 49.4 Å². The lowest BCUT2D eigenvalue weighted by Gasteiger charge is -2.15. The first-order valence-corrected chi connectivity index (χ1v) is 11.1. The predicted octanol–water partition coefficient (Wildman–Crippen LogP) is 4.77. The lowest BCUT2D eigenvalue weighted by molar-refractivity contribution is -0.150. The summed E-state index contributed by atoms with van der Waals surface area (Å²) in [5.41, 5.74) is 1.34. The van der Waals surface area contributed by atoms with Gasteiger partial charge in [0.2, 0.25) is 5.88 Å². The molecule has 34 heavy (non-hydrogen) atoms. The Labute approximate surface area is 202 Å². The highest BCUT2D eigenvalue weighted by atomic mass is 35.5. The predicted molar refractivity (Wildman–Crippen MR) is 126 cm³/mol. The standard InChI is InChI=1S/C24H26ClN3O6/c1-15(2)14-32-24(30)26-10-11-31-23(29)16(3)33-18-5-7-19(8-6-18)34-22-13-27-21-12-17(25)4-9-20(21)28-22/h4-9,12-13,15-16H,10-11,14H2,1-3H3,(H,26,30)/t16-/m1/s1. The third-order valence-corrected chi connectivity index (χ3v) is 4.57. The SMILES string of the molecule is CC(C)COC(=O)NCCOC(=O)[C@@H](C)Oc1ccc(Oc2cnc3cc(Cl)ccc3n2)cc1. The van der Waals surface area contributed by atoms with Gasteiger partial charge in [0.15, 0.2) is 6.10 Å². The van der Waals surface area contributed by atoms with E-state index in [0.29, 0.717) is 40.0 Å². The van der Waals surface area contributed by atoms with Gasteiger partial charge in [0.05, 0.1) is 30.4 Å². The van der Waals surface area contributed by atoms with Crippen molar-refractivity contribution in [3.63, 3.8) is 0 Å². The summed E-state index contributed by atoms with van der Waals surface area (Å²) in [5.74, 6) is 1.02. The second-order valence-electron chi connectivity index (χ2n) is 7.76. The molecular weight excluding hydrogens is 462 g/mol. The molecule has 0 aliphatic heterocycles. The smallest absolute Gasteiger partial charge is 0.407 e. The zero-order valence-corrected chi connectivity index (χ0v) is 19.9. The van der Waals surface area contributed by atoms with Crippen molar-refractivity contribution in [1.82, 2.24) is 15.3 Å². The highest BCUT2D eigenvalue weighted by molar-refractivity contribution is 6.31. The number of alkyl carbamates (subject to hydrolysis) is 1. The summed E-state index contributed by atoms with van der Waals surface area (Å²) in [6.45, 7) is 5.93. The Morgan fingerprint density at radius 1 is 1.00 bits per heavy atom. The number of hydrogen-bond donors (Lipinski definition) is 1. The van der Waals surface area contributed by atoms with Gasteiger partial charge in [-0.2, -0.15) is 0 Å². The fourth-order valence-corrected chi connectivity index (χ4v) is 2.86. The van der Waals surface area contributed by atoms with Gasteiger partial charge in [-0.25, -0.2) is 19.6 Å². The molecule has 0 saturated carbocycles. The minimum Gasteiger partial charge on any atom is -0.479 e. The van der Waals surface area contributed by atoms with E-state index in [1.807, 2.05) is 13.8 Å². The third-order valence-electron chi connectivity index (χ3n) is 4.34. The Bertz CT molecular complexity index is 1120. The maximum absolute atomic E-state index is 12.1. The molecule has 1 amide bonds. The highest BCUT2D eigenvalue weighted by Crippen LogP contribution is 2.25. The van der Waals surface area contributed by atoms with Crippen molar-refractivity contribution in [3.05, 3.63) is 53.7 Å². The van der Waals surface area contributed by atoms with Crippen LogP contribution in [0.5, 0.6) is 17.4 Å². The zero-order valence-electron chi connectivity index (χ0n) is 19.1. The van der Waals surface area contributed by atoms with Crippen LogP contribution < -0.4 is 14.8 Å². The van der Waals surface area contributed by atoms with Gasteiger partial charge in [-0.15, -0.1) is 0 Å². The molecule has 1 heterocycles. The molecule has 180 valence electrons. The molecule has 0 spiro atoms. The Kier molecular flexibility index (Phi) is 8.86. The number of benzene rings is 2. The zero-order chi connectivity index (χ0) is 24.5. The van der Waals surface area contributed by atoms with E-state index in [9.17, 15) is 9.59 Å². The summed E-state index contributed by atoms with van der Waals surface area (Å²) in [6.07, 6.45) is 0.133. The highest BCUT2D eigenvalue weighted by Gasteiger charge is 2.16. The Balaban J connectivity index is 1.43. The van der Waals surface area contributed by atoms with Crippen LogP contribution in [0.15, 0.2) is 48.7 Å². The summed E-state index contributed by atoms with van der Waals surface area (Å²) in [4.78, 5) is 32.3. The van der Waals surface area contributed by atoms with Crippen LogP contribution in [0.2, 0.25) is 5.02 Å². The fraction of sp³-hybridized carbons (Fsp3) is 0.333. The number of halogens is 1. The van der Waals surface area contributed by atoms with E-state index in [1.165, 1.54) is 6.20 Å². The van der Waals surface area contributed by atoms with Gasteiger partial charge in [-0.05, 0) is 55.3 Å². The van der Waals surface area contributed by atoms with Crippen LogP contribution in [0.3, 0.4) is 0 Å². The summed E-state index contributed by atoms with van der Waals surface area (Å²) in [6, 6.07) is 11.9. The molecule has 0 aliphatic carbocycles. The van der Waals surface area contributed by atoms with Crippen LogP contribution in [-0.2, 0) is 14.3 Å². The number of aromatic nitrogens is 2. The van der Waals surface area contributed by atoms with Gasteiger partial charge in [0.1, 0.15) is 18.1 Å². The first-order chi connectivity index (χ1) is 16.3. The molecule has 1 aromatic heterocycles. The second kappa shape index (κ2) is 12.0. The van der Waals surface area contributed by atoms with Gasteiger partial charge in [-0.1, -0.05) is 25.4 Å². The number of nitrogens with zero attached hydrogens (tertiary/aromatic N) is 2. The number of esters is 1. The van der Waals surface area contributed by atoms with Gasteiger partial charge >= 0.3 is 12.1 Å². The average Bonchev–Trinajstić information content (AvgIpc) is 2.81. The van der Waals surface area contributed by atoms with Crippen molar-refractivity contribution in [2.45, 2.75) is 26.9 Å². The molecule has 1 N–H and O–H groups in total. The van der Waals surface area contributed by atoms with E-state index in [0.717, 1.165) is 0 Å². The Hall–Kier alpha value is -3.59. The lowest BCUT2D eigenvalue weighted by atomic mass is 10.2. The van der Waals surface area contributed by atoms with Gasteiger partial charge in [0, 0.05) is 5.02 Å². The number of carbonyl (C=O) groups excluding carboxylic acids is 2. The molecule has 0 saturated heterocycles. The van der Waals surface area contributed by atoms with Crippen LogP contribution in [0, 0.1) is 5.92 Å². The van der Waals surface area contributed by atoms with E-state index in [4.69, 9.17) is 30.5 Å². The lowest BCUT2D eigenvalue weighted by Crippen LogP contribution is -2.32. The van der Waals surface area contributed by atoms with Gasteiger partial charge < -0.3 is 24.3 Å². The van der Waals surface area contributed by atoms with Crippen molar-refractivity contribution >= 4 is 34.7 Å². The van der Waals surface area contributed by atoms with Crippen LogP contribution >= 0.6 is 11.6 Å². The van der Waals surface area contributed by atoms with Crippen LogP contribution in [0.1, 0.15) is 20.8 Å². The minimum atomic E-state index is -0.835. The fourth-order valence-electron chi connectivity index (χ4n) is 2.69. The summed E-state index contributed by atoms with van der Waals surface area (Å²) in [5, 5.41) is 3.10. The first-order valence-electron chi connectivity index (χ1n) is 10.7. The van der Waals surface area contributed by atoms with Crippen molar-refractivity contribution in [1.29, 1.82) is 0 Å². The van der Waals surface area contributed by atoms with Crippen molar-refractivity contribution in [2.24, 2.45) is 5.92 Å². The number of amides is 1. The topological polar surface area (TPSA) is 109 Å². The molecule has 0 unspecified atom stereocenters. The van der Waals surface area contributed by atoms with E-state index in [-0.39, 0.29) is 19.1 Å². The number of rotatable bonds is 10. The molecule has 0 aliphatic rings. The number of carbonyl (C=O) groups is 2. The van der Waals surface area contributed by atoms with Crippen LogP contribution in [0.25, 0.3) is 11.0 Å². The molecule has 10 heteroatoms. The molecule has 0 fully saturated rings. The normalized spacial score (nSPS) is 11.7. The molecule has 3 aromatic rings. The molecule has 1 atom stereocenters. The van der Waals surface area contributed by atoms with Crippen molar-refractivity contribution < 1.29 is 28.5 Å². The van der Waals surface area contributed by atoms with Crippen LogP contribution in [-0.4, -0.2) is 47.9 Å². The third kappa shape index (κ3) is 7.77. The van der Waals surface area contributed by atoms with Crippen LogP contribution in [0.4, 0.5) is 4.79 Å². The van der Waals surface area contributed by atoms with E-state index < -0.39 is 18.2 Å². The maximum Gasteiger partial charge on any atom is 0.407 e. The quantitative estimate of drug-likeness (QED) is 0.322. The molecular formula is C24H26ClN3O6. The molecule has 0 radical (unpaired) electrons. The number of nitrogens with one attached hydrogen (secondary N) is 1. The van der Waals surface area contributed by atoms with Gasteiger partial charge in [0.25, 0.3) is 0 Å². The second-order valence-corrected chi connectivity index (χ2v) is 8.20. The molecule has 0 bridgehead atoms. The van der Waals surface area contributed by atoms with Crippen molar-refractivity contribution in [3.8, 4) is 17.4 Å². The first kappa shape index (κ1) is 25.0. The maximum atomic E-state index is 12.1. The summed E-state index contributed by atoms with van der Waals surface area (Å²) >= 11 is 5.96. The van der Waals surface area contributed by atoms with Gasteiger partial charge in [-0.3, -0.25) is 0 Å². The monoisotopic (exact) mass is 487 g/mol. The summed E-state index contributed by atoms with van der Waals surface area (Å²) in [7, 11) is 0. The average molecular weight is 488 g/mol. The number of ether oxygens (including phenoxy) is 4. The molecule has 9 nitrogen and oxygen atoms in total. The Morgan fingerprint density at radius 2 is 1.74 bits per heavy atom. The summed E-state index contributed by atoms with van der Waals surface area (Å²) < 4.78 is 21.4. The molecule has 3 rings (SSSR count). The van der Waals surface area contributed by atoms with E-state index in [2.05, 4.69) is 15.3 Å². The number of fused-ring (bicyclic) bond motifs is 1. The minimum absolute atomic E-state index is 0.00902. The van der Waals surface area contributed by atoms with E-state index >= 15 is 0 Å². The molecule has 2 aromatic carbocycles. The Morgan fingerprint density at radius 3 is 2.47 bits per heavy atom. The van der Waals surface area contributed by atoms with Crippen molar-refractivity contribution in [2.75, 3.05) is 19.8 Å².